The van der Waals surface area contributed by atoms with Crippen LogP contribution in [0.3, 0.4) is 0 Å². The van der Waals surface area contributed by atoms with Crippen molar-refractivity contribution in [1.29, 1.82) is 0 Å². The molecule has 0 fully saturated rings. The topological polar surface area (TPSA) is 24.9 Å². The molecule has 1 aromatic heterocycles. The van der Waals surface area contributed by atoms with Crippen LogP contribution in [0, 0.1) is 5.92 Å². The number of hydrogen-bond donors (Lipinski definition) is 1. The van der Waals surface area contributed by atoms with Gasteiger partial charge in [-0.25, -0.2) is 4.98 Å². The molecule has 1 N–H and O–H groups in total. The fourth-order valence-electron chi connectivity index (χ4n) is 2.25. The second-order valence-electron chi connectivity index (χ2n) is 5.23. The monoisotopic (exact) mass is 274 g/mol. The van der Waals surface area contributed by atoms with Gasteiger partial charge in [-0.05, 0) is 26.3 Å². The van der Waals surface area contributed by atoms with Gasteiger partial charge in [0.2, 0.25) is 0 Å². The van der Waals surface area contributed by atoms with Crippen molar-refractivity contribution in [3.8, 4) is 11.3 Å². The smallest absolute Gasteiger partial charge is 0.0935 e. The van der Waals surface area contributed by atoms with Crippen molar-refractivity contribution >= 4 is 11.3 Å². The van der Waals surface area contributed by atoms with Crippen molar-refractivity contribution < 1.29 is 0 Å². The van der Waals surface area contributed by atoms with Gasteiger partial charge in [-0.3, -0.25) is 0 Å². The van der Waals surface area contributed by atoms with E-state index in [0.29, 0.717) is 12.0 Å². The second-order valence-corrected chi connectivity index (χ2v) is 6.17. The molecule has 0 saturated heterocycles. The number of rotatable bonds is 6. The Labute approximate surface area is 119 Å². The molecular weight excluding hydrogens is 252 g/mol. The number of benzene rings is 1. The van der Waals surface area contributed by atoms with E-state index < -0.39 is 0 Å². The van der Waals surface area contributed by atoms with Crippen molar-refractivity contribution in [2.45, 2.75) is 32.7 Å². The molecule has 1 heterocycles. The molecular formula is C16H22N2S. The van der Waals surface area contributed by atoms with Crippen molar-refractivity contribution in [1.82, 2.24) is 10.3 Å². The zero-order chi connectivity index (χ0) is 13.7. The van der Waals surface area contributed by atoms with Crippen molar-refractivity contribution in [3.05, 3.63) is 40.7 Å². The van der Waals surface area contributed by atoms with Gasteiger partial charge in [-0.1, -0.05) is 37.3 Å². The van der Waals surface area contributed by atoms with Crippen LogP contribution in [0.2, 0.25) is 0 Å². The van der Waals surface area contributed by atoms with Crippen LogP contribution in [0.25, 0.3) is 11.3 Å². The van der Waals surface area contributed by atoms with Crippen molar-refractivity contribution in [2.75, 3.05) is 7.05 Å². The standard InChI is InChI=1S/C16H22N2S/c1-12(9-13(2)17-3)10-16-18-15(11-19-16)14-7-5-4-6-8-14/h4-8,11-13,17H,9-10H2,1-3H3. The summed E-state index contributed by atoms with van der Waals surface area (Å²) in [5.74, 6) is 0.664. The van der Waals surface area contributed by atoms with E-state index >= 15 is 0 Å². The highest BCUT2D eigenvalue weighted by Crippen LogP contribution is 2.24. The summed E-state index contributed by atoms with van der Waals surface area (Å²) >= 11 is 1.78. The van der Waals surface area contributed by atoms with Gasteiger partial charge in [0.05, 0.1) is 10.7 Å². The van der Waals surface area contributed by atoms with Gasteiger partial charge >= 0.3 is 0 Å². The predicted octanol–water partition coefficient (Wildman–Crippen LogP) is 3.99. The first kappa shape index (κ1) is 14.2. The zero-order valence-corrected chi connectivity index (χ0v) is 12.7. The SMILES string of the molecule is CNC(C)CC(C)Cc1nc(-c2ccccc2)cs1. The molecule has 2 aromatic rings. The molecule has 102 valence electrons. The van der Waals surface area contributed by atoms with E-state index in [9.17, 15) is 0 Å². The number of aromatic nitrogens is 1. The van der Waals surface area contributed by atoms with Gasteiger partial charge in [-0.15, -0.1) is 11.3 Å². The van der Waals surface area contributed by atoms with Crippen molar-refractivity contribution in [2.24, 2.45) is 5.92 Å². The highest BCUT2D eigenvalue weighted by Gasteiger charge is 2.11. The predicted molar refractivity (Wildman–Crippen MR) is 83.6 cm³/mol. The summed E-state index contributed by atoms with van der Waals surface area (Å²) in [6.45, 7) is 4.53. The van der Waals surface area contributed by atoms with Gasteiger partial charge in [0.1, 0.15) is 0 Å². The second kappa shape index (κ2) is 6.83. The lowest BCUT2D eigenvalue weighted by atomic mass is 10.00. The summed E-state index contributed by atoms with van der Waals surface area (Å²) in [4.78, 5) is 4.75. The molecule has 0 aliphatic rings. The van der Waals surface area contributed by atoms with Crippen LogP contribution in [0.15, 0.2) is 35.7 Å². The Balaban J connectivity index is 1.98. The fourth-order valence-corrected chi connectivity index (χ4v) is 3.22. The van der Waals surface area contributed by atoms with Crippen LogP contribution in [0.1, 0.15) is 25.3 Å². The summed E-state index contributed by atoms with van der Waals surface area (Å²) < 4.78 is 0. The van der Waals surface area contributed by atoms with Gasteiger partial charge in [-0.2, -0.15) is 0 Å². The summed E-state index contributed by atoms with van der Waals surface area (Å²) in [5.41, 5.74) is 2.32. The normalized spacial score (nSPS) is 14.3. The molecule has 0 aliphatic carbocycles. The Morgan fingerprint density at radius 2 is 1.95 bits per heavy atom. The molecule has 2 nitrogen and oxygen atoms in total. The Hall–Kier alpha value is -1.19. The number of nitrogens with one attached hydrogen (secondary N) is 1. The average Bonchev–Trinajstić information content (AvgIpc) is 2.88. The van der Waals surface area contributed by atoms with E-state index in [4.69, 9.17) is 4.98 Å². The van der Waals surface area contributed by atoms with Crippen molar-refractivity contribution in [3.63, 3.8) is 0 Å². The molecule has 3 heteroatoms. The maximum Gasteiger partial charge on any atom is 0.0935 e. The first-order valence-corrected chi connectivity index (χ1v) is 7.74. The number of nitrogens with zero attached hydrogens (tertiary/aromatic N) is 1. The lowest BCUT2D eigenvalue weighted by Gasteiger charge is -2.15. The van der Waals surface area contributed by atoms with Gasteiger partial charge in [0, 0.05) is 23.4 Å². The van der Waals surface area contributed by atoms with E-state index in [1.807, 2.05) is 13.1 Å². The molecule has 1 aromatic carbocycles. The number of hydrogen-bond acceptors (Lipinski definition) is 3. The maximum atomic E-state index is 4.75. The Kier molecular flexibility index (Phi) is 5.11. The Morgan fingerprint density at radius 1 is 1.21 bits per heavy atom. The zero-order valence-electron chi connectivity index (χ0n) is 11.9. The lowest BCUT2D eigenvalue weighted by Crippen LogP contribution is -2.24. The summed E-state index contributed by atoms with van der Waals surface area (Å²) in [7, 11) is 2.02. The van der Waals surface area contributed by atoms with E-state index in [0.717, 1.165) is 12.1 Å². The van der Waals surface area contributed by atoms with Crippen LogP contribution in [-0.4, -0.2) is 18.1 Å². The third-order valence-corrected chi connectivity index (χ3v) is 4.26. The van der Waals surface area contributed by atoms with E-state index in [1.54, 1.807) is 11.3 Å². The molecule has 2 unspecified atom stereocenters. The summed E-state index contributed by atoms with van der Waals surface area (Å²) in [6, 6.07) is 11.0. The number of thiazole rings is 1. The minimum Gasteiger partial charge on any atom is -0.317 e. The highest BCUT2D eigenvalue weighted by molar-refractivity contribution is 7.09. The van der Waals surface area contributed by atoms with Crippen LogP contribution in [0.5, 0.6) is 0 Å². The molecule has 0 radical (unpaired) electrons. The maximum absolute atomic E-state index is 4.75. The fraction of sp³-hybridized carbons (Fsp3) is 0.438. The molecule has 0 aliphatic heterocycles. The van der Waals surface area contributed by atoms with E-state index in [2.05, 4.69) is 48.8 Å². The van der Waals surface area contributed by atoms with Crippen LogP contribution in [0.4, 0.5) is 0 Å². The molecule has 0 saturated carbocycles. The summed E-state index contributed by atoms with van der Waals surface area (Å²) in [5, 5.41) is 6.71. The first-order valence-electron chi connectivity index (χ1n) is 6.86. The average molecular weight is 274 g/mol. The third kappa shape index (κ3) is 4.15. The quantitative estimate of drug-likeness (QED) is 0.861. The Morgan fingerprint density at radius 3 is 2.63 bits per heavy atom. The van der Waals surface area contributed by atoms with Crippen LogP contribution in [-0.2, 0) is 6.42 Å². The minimum atomic E-state index is 0.573. The van der Waals surface area contributed by atoms with E-state index in [1.165, 1.54) is 17.0 Å². The molecule has 0 amide bonds. The summed E-state index contributed by atoms with van der Waals surface area (Å²) in [6.07, 6.45) is 2.26. The molecule has 0 spiro atoms. The van der Waals surface area contributed by atoms with Gasteiger partial charge in [0.25, 0.3) is 0 Å². The Bertz CT molecular complexity index is 492. The van der Waals surface area contributed by atoms with E-state index in [-0.39, 0.29) is 0 Å². The van der Waals surface area contributed by atoms with Crippen LogP contribution < -0.4 is 5.32 Å². The third-order valence-electron chi connectivity index (χ3n) is 3.39. The lowest BCUT2D eigenvalue weighted by molar-refractivity contribution is 0.440. The first-order chi connectivity index (χ1) is 9.19. The van der Waals surface area contributed by atoms with Crippen LogP contribution >= 0.6 is 11.3 Å². The molecule has 2 rings (SSSR count). The van der Waals surface area contributed by atoms with Gasteiger partial charge in [0.15, 0.2) is 0 Å². The van der Waals surface area contributed by atoms with Gasteiger partial charge < -0.3 is 5.32 Å². The molecule has 19 heavy (non-hydrogen) atoms. The highest BCUT2D eigenvalue weighted by atomic mass is 32.1. The molecule has 0 bridgehead atoms. The minimum absolute atomic E-state index is 0.573. The molecule has 2 atom stereocenters. The largest absolute Gasteiger partial charge is 0.317 e.